The van der Waals surface area contributed by atoms with E-state index in [1.54, 1.807) is 0 Å². The van der Waals surface area contributed by atoms with Crippen LogP contribution in [0.4, 0.5) is 4.79 Å². The van der Waals surface area contributed by atoms with Crippen LogP contribution >= 0.6 is 0 Å². The van der Waals surface area contributed by atoms with E-state index >= 15 is 0 Å². The number of amides is 1. The third-order valence-electron chi connectivity index (χ3n) is 4.43. The van der Waals surface area contributed by atoms with Crippen molar-refractivity contribution in [3.8, 4) is 0 Å². The number of ether oxygens (including phenoxy) is 1. The van der Waals surface area contributed by atoms with Gasteiger partial charge in [-0.1, -0.05) is 34.6 Å². The molecule has 0 rings (SSSR count). The Bertz CT molecular complexity index is 398. The fourth-order valence-corrected chi connectivity index (χ4v) is 3.11. The maximum Gasteiger partial charge on any atom is 0.407 e. The summed E-state index contributed by atoms with van der Waals surface area (Å²) < 4.78 is 11.6. The van der Waals surface area contributed by atoms with Crippen molar-refractivity contribution in [1.29, 1.82) is 0 Å². The first kappa shape index (κ1) is 24.4. The topological polar surface area (TPSA) is 59.6 Å². The van der Waals surface area contributed by atoms with Crippen LogP contribution in [0.5, 0.6) is 0 Å². The number of alkyl carbamates (subject to hydrolysis) is 1. The van der Waals surface area contributed by atoms with Crippen LogP contribution < -0.4 is 10.6 Å². The van der Waals surface area contributed by atoms with Crippen molar-refractivity contribution in [2.24, 2.45) is 5.92 Å². The van der Waals surface area contributed by atoms with Gasteiger partial charge in [-0.15, -0.1) is 0 Å². The Morgan fingerprint density at radius 2 is 1.60 bits per heavy atom. The smallest absolute Gasteiger partial charge is 0.407 e. The molecule has 0 aliphatic heterocycles. The SMILES string of the molecule is CC(C)C[C@@H](CO[Si](C)(C)C(C)(C)C)NCCNC(=O)OC(C)(C)C. The van der Waals surface area contributed by atoms with Crippen LogP contribution in [0.3, 0.4) is 0 Å². The van der Waals surface area contributed by atoms with E-state index in [1.807, 2.05) is 20.8 Å². The van der Waals surface area contributed by atoms with E-state index in [9.17, 15) is 4.79 Å². The van der Waals surface area contributed by atoms with Gasteiger partial charge in [0, 0.05) is 25.7 Å². The van der Waals surface area contributed by atoms with Gasteiger partial charge in [-0.3, -0.25) is 0 Å². The first-order valence-electron chi connectivity index (χ1n) is 9.48. The summed E-state index contributed by atoms with van der Waals surface area (Å²) in [6.45, 7) is 23.3. The van der Waals surface area contributed by atoms with Crippen molar-refractivity contribution < 1.29 is 14.0 Å². The molecule has 0 saturated heterocycles. The van der Waals surface area contributed by atoms with Gasteiger partial charge in [0.15, 0.2) is 8.32 Å². The molecule has 6 heteroatoms. The molecule has 0 saturated carbocycles. The molecule has 1 amide bonds. The largest absolute Gasteiger partial charge is 0.444 e. The Balaban J connectivity index is 4.35. The van der Waals surface area contributed by atoms with Crippen molar-refractivity contribution in [1.82, 2.24) is 10.6 Å². The fraction of sp³-hybridized carbons (Fsp3) is 0.947. The minimum atomic E-state index is -1.74. The van der Waals surface area contributed by atoms with Gasteiger partial charge in [-0.05, 0) is 51.2 Å². The zero-order valence-electron chi connectivity index (χ0n) is 18.2. The lowest BCUT2D eigenvalue weighted by molar-refractivity contribution is 0.0527. The molecule has 0 aliphatic rings. The van der Waals surface area contributed by atoms with Gasteiger partial charge in [0.25, 0.3) is 0 Å². The second-order valence-corrected chi connectivity index (χ2v) is 14.6. The highest BCUT2D eigenvalue weighted by Crippen LogP contribution is 2.36. The fourth-order valence-electron chi connectivity index (χ4n) is 2.06. The van der Waals surface area contributed by atoms with Crippen molar-refractivity contribution in [3.63, 3.8) is 0 Å². The second-order valence-electron chi connectivity index (χ2n) is 9.78. The molecule has 0 spiro atoms. The lowest BCUT2D eigenvalue weighted by Gasteiger charge is -2.37. The lowest BCUT2D eigenvalue weighted by atomic mass is 10.0. The predicted molar refractivity (Wildman–Crippen MR) is 109 cm³/mol. The molecule has 150 valence electrons. The van der Waals surface area contributed by atoms with Gasteiger partial charge in [0.2, 0.25) is 0 Å². The first-order valence-corrected chi connectivity index (χ1v) is 12.4. The highest BCUT2D eigenvalue weighted by atomic mass is 28.4. The highest BCUT2D eigenvalue weighted by molar-refractivity contribution is 6.74. The summed E-state index contributed by atoms with van der Waals surface area (Å²) in [5, 5.41) is 6.52. The first-order chi connectivity index (χ1) is 11.1. The van der Waals surface area contributed by atoms with Crippen molar-refractivity contribution >= 4 is 14.4 Å². The molecular formula is C19H42N2O3Si. The number of carbonyl (C=O) groups excluding carboxylic acids is 1. The molecule has 0 radical (unpaired) electrons. The molecule has 2 N–H and O–H groups in total. The molecule has 0 aromatic carbocycles. The second kappa shape index (κ2) is 9.93. The summed E-state index contributed by atoms with van der Waals surface area (Å²) in [6.07, 6.45) is 0.688. The number of carbonyl (C=O) groups is 1. The lowest BCUT2D eigenvalue weighted by Crippen LogP contribution is -2.46. The normalized spacial score (nSPS) is 14.5. The molecule has 25 heavy (non-hydrogen) atoms. The Hall–Kier alpha value is -0.593. The van der Waals surface area contributed by atoms with Crippen molar-refractivity contribution in [2.45, 2.75) is 91.6 Å². The number of nitrogens with one attached hydrogen (secondary N) is 2. The van der Waals surface area contributed by atoms with Crippen LogP contribution in [-0.4, -0.2) is 45.7 Å². The van der Waals surface area contributed by atoms with E-state index in [4.69, 9.17) is 9.16 Å². The Morgan fingerprint density at radius 3 is 2.04 bits per heavy atom. The van der Waals surface area contributed by atoms with Gasteiger partial charge in [0.05, 0.1) is 0 Å². The monoisotopic (exact) mass is 374 g/mol. The predicted octanol–water partition coefficient (Wildman–Crippen LogP) is 4.54. The molecule has 0 heterocycles. The number of hydrogen-bond acceptors (Lipinski definition) is 4. The van der Waals surface area contributed by atoms with Crippen LogP contribution in [0.15, 0.2) is 0 Å². The number of hydrogen-bond donors (Lipinski definition) is 2. The molecule has 0 aliphatic carbocycles. The molecule has 0 fully saturated rings. The van der Waals surface area contributed by atoms with Crippen LogP contribution in [0, 0.1) is 5.92 Å². The number of rotatable bonds is 9. The van der Waals surface area contributed by atoms with Gasteiger partial charge in [-0.25, -0.2) is 4.79 Å². The van der Waals surface area contributed by atoms with Crippen LogP contribution in [0.1, 0.15) is 61.8 Å². The van der Waals surface area contributed by atoms with Crippen molar-refractivity contribution in [3.05, 3.63) is 0 Å². The Labute approximate surface area is 156 Å². The third-order valence-corrected chi connectivity index (χ3v) is 8.93. The van der Waals surface area contributed by atoms with Crippen molar-refractivity contribution in [2.75, 3.05) is 19.7 Å². The summed E-state index contributed by atoms with van der Waals surface area (Å²) in [5.41, 5.74) is -0.464. The minimum absolute atomic E-state index is 0.216. The van der Waals surface area contributed by atoms with Gasteiger partial charge >= 0.3 is 6.09 Å². The summed E-state index contributed by atoms with van der Waals surface area (Å²) in [5.74, 6) is 0.597. The minimum Gasteiger partial charge on any atom is -0.444 e. The van der Waals surface area contributed by atoms with Gasteiger partial charge in [0.1, 0.15) is 5.60 Å². The maximum atomic E-state index is 11.7. The van der Waals surface area contributed by atoms with Gasteiger partial charge < -0.3 is 19.8 Å². The molecule has 5 nitrogen and oxygen atoms in total. The van der Waals surface area contributed by atoms with E-state index in [2.05, 4.69) is 58.3 Å². The quantitative estimate of drug-likeness (QED) is 0.459. The van der Waals surface area contributed by atoms with E-state index in [1.165, 1.54) is 0 Å². The van der Waals surface area contributed by atoms with E-state index < -0.39 is 13.9 Å². The molecule has 1 atom stereocenters. The zero-order chi connectivity index (χ0) is 19.9. The van der Waals surface area contributed by atoms with Crippen LogP contribution in [0.2, 0.25) is 18.1 Å². The van der Waals surface area contributed by atoms with Gasteiger partial charge in [-0.2, -0.15) is 0 Å². The zero-order valence-corrected chi connectivity index (χ0v) is 19.2. The van der Waals surface area contributed by atoms with Crippen LogP contribution in [0.25, 0.3) is 0 Å². The maximum absolute atomic E-state index is 11.7. The summed E-state index contributed by atoms with van der Waals surface area (Å²) >= 11 is 0. The average molecular weight is 375 g/mol. The summed E-state index contributed by atoms with van der Waals surface area (Å²) in [4.78, 5) is 11.7. The molecular weight excluding hydrogens is 332 g/mol. The van der Waals surface area contributed by atoms with E-state index in [0.717, 1.165) is 13.0 Å². The molecule has 0 bridgehead atoms. The van der Waals surface area contributed by atoms with E-state index in [0.29, 0.717) is 25.0 Å². The molecule has 0 aromatic heterocycles. The van der Waals surface area contributed by atoms with Crippen LogP contribution in [-0.2, 0) is 9.16 Å². The Morgan fingerprint density at radius 1 is 1.04 bits per heavy atom. The van der Waals surface area contributed by atoms with E-state index in [-0.39, 0.29) is 11.1 Å². The summed E-state index contributed by atoms with van der Waals surface area (Å²) in [7, 11) is -1.74. The third kappa shape index (κ3) is 11.6. The summed E-state index contributed by atoms with van der Waals surface area (Å²) in [6, 6.07) is 0.301. The highest BCUT2D eigenvalue weighted by Gasteiger charge is 2.37. The molecule has 0 unspecified atom stereocenters. The Kier molecular flexibility index (Phi) is 9.69. The average Bonchev–Trinajstić information content (AvgIpc) is 2.36. The molecule has 0 aromatic rings. The standard InChI is InChI=1S/C19H42N2O3Si/c1-15(2)13-16(14-23-25(9,10)19(6,7)8)20-11-12-21-17(22)24-18(3,4)5/h15-16,20H,11-14H2,1-10H3,(H,21,22)/t16-/m0/s1.